The molecule has 0 saturated carbocycles. The first-order valence-electron chi connectivity index (χ1n) is 5.41. The van der Waals surface area contributed by atoms with Crippen LogP contribution in [0.25, 0.3) is 0 Å². The summed E-state index contributed by atoms with van der Waals surface area (Å²) in [6.07, 6.45) is 0. The summed E-state index contributed by atoms with van der Waals surface area (Å²) in [5.74, 6) is 0.815. The molecule has 2 rings (SSSR count). The van der Waals surface area contributed by atoms with E-state index in [1.807, 2.05) is 0 Å². The summed E-state index contributed by atoms with van der Waals surface area (Å²) < 4.78 is 10.2. The number of aryl methyl sites for hydroxylation is 1. The Morgan fingerprint density at radius 3 is 2.58 bits per heavy atom. The van der Waals surface area contributed by atoms with Crippen LogP contribution in [-0.2, 0) is 7.05 Å². The van der Waals surface area contributed by atoms with Crippen molar-refractivity contribution in [2.24, 2.45) is 7.05 Å². The third-order valence-corrected chi connectivity index (χ3v) is 2.38. The predicted molar refractivity (Wildman–Crippen MR) is 66.3 cm³/mol. The molecule has 0 unspecified atom stereocenters. The molecule has 2 aromatic rings. The molecular formula is C11H13N5O3. The fourth-order valence-electron chi connectivity index (χ4n) is 1.49. The molecule has 0 spiro atoms. The van der Waals surface area contributed by atoms with Crippen LogP contribution in [0, 0.1) is 0 Å². The molecule has 0 radical (unpaired) electrons. The number of carbonyl (C=O) groups excluding carboxylic acids is 1. The van der Waals surface area contributed by atoms with Crippen LogP contribution in [0.15, 0.2) is 18.2 Å². The van der Waals surface area contributed by atoms with Crippen molar-refractivity contribution in [3.8, 4) is 11.5 Å². The molecule has 0 saturated heterocycles. The minimum absolute atomic E-state index is 0.141. The number of tetrazole rings is 1. The molecule has 1 N–H and O–H groups in total. The Hall–Kier alpha value is -2.64. The minimum atomic E-state index is -0.353. The first-order chi connectivity index (χ1) is 9.13. The lowest BCUT2D eigenvalue weighted by molar-refractivity contribution is 0.102. The second-order valence-electron chi connectivity index (χ2n) is 3.63. The molecule has 0 atom stereocenters. The molecule has 0 aliphatic carbocycles. The quantitative estimate of drug-likeness (QED) is 0.862. The Bertz CT molecular complexity index is 596. The van der Waals surface area contributed by atoms with Crippen LogP contribution >= 0.6 is 0 Å². The van der Waals surface area contributed by atoms with Gasteiger partial charge in [0.15, 0.2) is 11.5 Å². The van der Waals surface area contributed by atoms with Gasteiger partial charge in [0, 0.05) is 5.56 Å². The topological polar surface area (TPSA) is 91.2 Å². The van der Waals surface area contributed by atoms with E-state index < -0.39 is 0 Å². The van der Waals surface area contributed by atoms with E-state index in [0.717, 1.165) is 0 Å². The van der Waals surface area contributed by atoms with E-state index in [1.165, 1.54) is 19.0 Å². The molecule has 0 bridgehead atoms. The number of anilines is 1. The van der Waals surface area contributed by atoms with Gasteiger partial charge in [-0.2, -0.15) is 4.80 Å². The van der Waals surface area contributed by atoms with Gasteiger partial charge in [-0.3, -0.25) is 10.1 Å². The zero-order valence-electron chi connectivity index (χ0n) is 10.7. The lowest BCUT2D eigenvalue weighted by atomic mass is 10.2. The van der Waals surface area contributed by atoms with E-state index >= 15 is 0 Å². The van der Waals surface area contributed by atoms with Crippen molar-refractivity contribution in [2.75, 3.05) is 19.5 Å². The van der Waals surface area contributed by atoms with Crippen LogP contribution < -0.4 is 14.8 Å². The van der Waals surface area contributed by atoms with Crippen molar-refractivity contribution in [1.82, 2.24) is 20.2 Å². The summed E-state index contributed by atoms with van der Waals surface area (Å²) in [4.78, 5) is 13.2. The van der Waals surface area contributed by atoms with E-state index in [1.54, 1.807) is 25.2 Å². The van der Waals surface area contributed by atoms with Crippen LogP contribution in [0.2, 0.25) is 0 Å². The first-order valence-corrected chi connectivity index (χ1v) is 5.41. The van der Waals surface area contributed by atoms with Crippen molar-refractivity contribution in [3.05, 3.63) is 23.8 Å². The first kappa shape index (κ1) is 12.8. The number of amides is 1. The maximum atomic E-state index is 12.0. The maximum Gasteiger partial charge on any atom is 0.270 e. The highest BCUT2D eigenvalue weighted by molar-refractivity contribution is 6.03. The molecule has 0 aliphatic heterocycles. The number of nitrogens with zero attached hydrogens (tertiary/aromatic N) is 4. The molecule has 0 fully saturated rings. The van der Waals surface area contributed by atoms with Gasteiger partial charge in [0.05, 0.1) is 21.3 Å². The highest BCUT2D eigenvalue weighted by Gasteiger charge is 2.12. The van der Waals surface area contributed by atoms with E-state index in [9.17, 15) is 4.79 Å². The van der Waals surface area contributed by atoms with Crippen molar-refractivity contribution in [3.63, 3.8) is 0 Å². The number of nitrogens with one attached hydrogen (secondary N) is 1. The van der Waals surface area contributed by atoms with Crippen LogP contribution in [0.4, 0.5) is 5.95 Å². The number of methoxy groups -OCH3 is 2. The molecule has 1 aromatic carbocycles. The third kappa shape index (κ3) is 2.79. The molecule has 8 nitrogen and oxygen atoms in total. The monoisotopic (exact) mass is 263 g/mol. The normalized spacial score (nSPS) is 10.1. The van der Waals surface area contributed by atoms with Crippen molar-refractivity contribution >= 4 is 11.9 Å². The summed E-state index contributed by atoms with van der Waals surface area (Å²) in [5.41, 5.74) is 0.408. The number of hydrogen-bond donors (Lipinski definition) is 1. The van der Waals surface area contributed by atoms with Gasteiger partial charge in [0.2, 0.25) is 0 Å². The highest BCUT2D eigenvalue weighted by Crippen LogP contribution is 2.27. The smallest absolute Gasteiger partial charge is 0.270 e. The van der Waals surface area contributed by atoms with Gasteiger partial charge in [0.1, 0.15) is 0 Å². The molecule has 1 heterocycles. The zero-order chi connectivity index (χ0) is 13.8. The standard InChI is InChI=1S/C11H13N5O3/c1-16-14-11(13-15-16)12-10(17)7-4-5-8(18-2)9(6-7)19-3/h4-6H,1-3H3,(H,12,14,17). The Balaban J connectivity index is 2.19. The van der Waals surface area contributed by atoms with Gasteiger partial charge in [0.25, 0.3) is 11.9 Å². The van der Waals surface area contributed by atoms with E-state index in [4.69, 9.17) is 9.47 Å². The average molecular weight is 263 g/mol. The fourth-order valence-corrected chi connectivity index (χ4v) is 1.49. The summed E-state index contributed by atoms with van der Waals surface area (Å²) in [7, 11) is 4.64. The Kier molecular flexibility index (Phi) is 3.60. The fraction of sp³-hybridized carbons (Fsp3) is 0.273. The highest BCUT2D eigenvalue weighted by atomic mass is 16.5. The summed E-state index contributed by atoms with van der Waals surface area (Å²) in [5, 5.41) is 13.7. The van der Waals surface area contributed by atoms with Crippen molar-refractivity contribution < 1.29 is 14.3 Å². The summed E-state index contributed by atoms with van der Waals surface area (Å²) in [6.45, 7) is 0. The molecule has 8 heteroatoms. The summed E-state index contributed by atoms with van der Waals surface area (Å²) in [6, 6.07) is 4.84. The largest absolute Gasteiger partial charge is 0.493 e. The van der Waals surface area contributed by atoms with Gasteiger partial charge < -0.3 is 9.47 Å². The summed E-state index contributed by atoms with van der Waals surface area (Å²) >= 11 is 0. The van der Waals surface area contributed by atoms with Crippen molar-refractivity contribution in [2.45, 2.75) is 0 Å². The van der Waals surface area contributed by atoms with Gasteiger partial charge >= 0.3 is 0 Å². The lowest BCUT2D eigenvalue weighted by Crippen LogP contribution is -2.13. The van der Waals surface area contributed by atoms with Gasteiger partial charge in [-0.25, -0.2) is 0 Å². The van der Waals surface area contributed by atoms with Crippen LogP contribution in [0.5, 0.6) is 11.5 Å². The molecule has 1 aromatic heterocycles. The Labute approximate surface area is 109 Å². The molecule has 19 heavy (non-hydrogen) atoms. The second-order valence-corrected chi connectivity index (χ2v) is 3.63. The number of ether oxygens (including phenoxy) is 2. The number of benzene rings is 1. The second kappa shape index (κ2) is 5.34. The molecule has 100 valence electrons. The van der Waals surface area contributed by atoms with Gasteiger partial charge in [-0.1, -0.05) is 5.10 Å². The number of carbonyl (C=O) groups is 1. The van der Waals surface area contributed by atoms with E-state index in [0.29, 0.717) is 17.1 Å². The SMILES string of the molecule is COc1ccc(C(=O)Nc2nnn(C)n2)cc1OC. The van der Waals surface area contributed by atoms with Gasteiger partial charge in [-0.05, 0) is 23.4 Å². The molecular weight excluding hydrogens is 250 g/mol. The minimum Gasteiger partial charge on any atom is -0.493 e. The molecule has 1 amide bonds. The number of rotatable bonds is 4. The lowest BCUT2D eigenvalue weighted by Gasteiger charge is -2.08. The van der Waals surface area contributed by atoms with Crippen LogP contribution in [0.3, 0.4) is 0 Å². The van der Waals surface area contributed by atoms with Crippen LogP contribution in [0.1, 0.15) is 10.4 Å². The number of hydrogen-bond acceptors (Lipinski definition) is 6. The zero-order valence-corrected chi connectivity index (χ0v) is 10.7. The predicted octanol–water partition coefficient (Wildman–Crippen LogP) is 0.480. The van der Waals surface area contributed by atoms with Crippen LogP contribution in [-0.4, -0.2) is 40.3 Å². The van der Waals surface area contributed by atoms with E-state index in [2.05, 4.69) is 20.7 Å². The Morgan fingerprint density at radius 1 is 1.26 bits per heavy atom. The van der Waals surface area contributed by atoms with Crippen molar-refractivity contribution in [1.29, 1.82) is 0 Å². The molecule has 0 aliphatic rings. The number of aromatic nitrogens is 4. The third-order valence-electron chi connectivity index (χ3n) is 2.38. The maximum absolute atomic E-state index is 12.0. The average Bonchev–Trinajstić information content (AvgIpc) is 2.83. The van der Waals surface area contributed by atoms with E-state index in [-0.39, 0.29) is 11.9 Å². The Morgan fingerprint density at radius 2 is 2.00 bits per heavy atom. The van der Waals surface area contributed by atoms with Gasteiger partial charge in [-0.15, -0.1) is 5.10 Å².